The fourth-order valence-corrected chi connectivity index (χ4v) is 4.30. The zero-order chi connectivity index (χ0) is 21.5. The fourth-order valence-electron chi connectivity index (χ4n) is 4.18. The topological polar surface area (TPSA) is 40.6 Å². The average Bonchev–Trinajstić information content (AvgIpc) is 3.30. The van der Waals surface area contributed by atoms with E-state index in [0.29, 0.717) is 34.0 Å². The number of carbonyl (C=O) groups excluding carboxylic acids is 2. The summed E-state index contributed by atoms with van der Waals surface area (Å²) in [4.78, 5) is 30.2. The Kier molecular flexibility index (Phi) is 4.83. The lowest BCUT2D eigenvalue weighted by Gasteiger charge is -2.22. The summed E-state index contributed by atoms with van der Waals surface area (Å²) < 4.78 is 13.3. The molecule has 0 aliphatic carbocycles. The van der Waals surface area contributed by atoms with Gasteiger partial charge in [0.1, 0.15) is 11.5 Å². The summed E-state index contributed by atoms with van der Waals surface area (Å²) in [7, 11) is 0. The number of benzene rings is 3. The molecule has 5 rings (SSSR count). The van der Waals surface area contributed by atoms with Crippen LogP contribution in [0.15, 0.2) is 78.5 Å². The molecule has 0 fully saturated rings. The number of para-hydroxylation sites is 1. The number of halogens is 2. The number of rotatable bonds is 4. The molecule has 0 N–H and O–H groups in total. The first kappa shape index (κ1) is 19.5. The van der Waals surface area contributed by atoms with Gasteiger partial charge < -0.3 is 4.90 Å². The van der Waals surface area contributed by atoms with Crippen molar-refractivity contribution < 1.29 is 14.0 Å². The van der Waals surface area contributed by atoms with Crippen LogP contribution in [0.1, 0.15) is 16.7 Å². The number of anilines is 1. The molecule has 0 atom stereocenters. The maximum Gasteiger partial charge on any atom is 0.278 e. The smallest absolute Gasteiger partial charge is 0.278 e. The van der Waals surface area contributed by atoms with Crippen LogP contribution in [0.3, 0.4) is 0 Å². The summed E-state index contributed by atoms with van der Waals surface area (Å²) in [6.45, 7) is 0.698. The summed E-state index contributed by atoms with van der Waals surface area (Å²) in [6.07, 6.45) is 0.799. The van der Waals surface area contributed by atoms with Gasteiger partial charge in [0, 0.05) is 17.3 Å². The van der Waals surface area contributed by atoms with E-state index in [2.05, 4.69) is 0 Å². The third-order valence-corrected chi connectivity index (χ3v) is 5.94. The van der Waals surface area contributed by atoms with Crippen molar-refractivity contribution in [1.82, 2.24) is 4.90 Å². The van der Waals surface area contributed by atoms with Crippen molar-refractivity contribution >= 4 is 34.7 Å². The number of imide groups is 1. The Balaban J connectivity index is 1.60. The summed E-state index contributed by atoms with van der Waals surface area (Å²) in [5, 5.41) is 0.553. The second-order valence-electron chi connectivity index (χ2n) is 7.58. The van der Waals surface area contributed by atoms with E-state index in [-0.39, 0.29) is 24.2 Å². The molecule has 31 heavy (non-hydrogen) atoms. The molecule has 0 saturated heterocycles. The Labute approximate surface area is 184 Å². The SMILES string of the molecule is O=C1C(c2ccc(Cl)cc2)=C(N2CCc3ccccc32)C(=O)N1Cc1ccc(F)cc1. The average molecular weight is 433 g/mol. The number of hydrogen-bond acceptors (Lipinski definition) is 3. The summed E-state index contributed by atoms with van der Waals surface area (Å²) >= 11 is 6.04. The van der Waals surface area contributed by atoms with Crippen LogP contribution in [-0.2, 0) is 22.6 Å². The highest BCUT2D eigenvalue weighted by Gasteiger charge is 2.43. The first-order chi connectivity index (χ1) is 15.0. The van der Waals surface area contributed by atoms with Gasteiger partial charge in [-0.05, 0) is 53.4 Å². The van der Waals surface area contributed by atoms with E-state index >= 15 is 0 Å². The monoisotopic (exact) mass is 432 g/mol. The van der Waals surface area contributed by atoms with Crippen molar-refractivity contribution in [3.05, 3.63) is 106 Å². The molecule has 0 unspecified atom stereocenters. The van der Waals surface area contributed by atoms with E-state index in [4.69, 9.17) is 11.6 Å². The van der Waals surface area contributed by atoms with Gasteiger partial charge in [0.15, 0.2) is 0 Å². The van der Waals surface area contributed by atoms with Crippen molar-refractivity contribution in [2.75, 3.05) is 11.4 Å². The minimum atomic E-state index is -0.365. The van der Waals surface area contributed by atoms with E-state index in [0.717, 1.165) is 17.7 Å². The zero-order valence-electron chi connectivity index (χ0n) is 16.5. The molecule has 3 aromatic rings. The highest BCUT2D eigenvalue weighted by atomic mass is 35.5. The molecule has 154 valence electrons. The van der Waals surface area contributed by atoms with Crippen LogP contribution in [0.5, 0.6) is 0 Å². The molecule has 3 aromatic carbocycles. The van der Waals surface area contributed by atoms with Crippen molar-refractivity contribution in [2.24, 2.45) is 0 Å². The normalized spacial score (nSPS) is 15.8. The Morgan fingerprint density at radius 1 is 0.871 bits per heavy atom. The summed E-state index contributed by atoms with van der Waals surface area (Å²) in [5.41, 5.74) is 4.14. The number of fused-ring (bicyclic) bond motifs is 1. The molecule has 2 heterocycles. The molecule has 6 heteroatoms. The Morgan fingerprint density at radius 2 is 1.58 bits per heavy atom. The van der Waals surface area contributed by atoms with E-state index in [1.807, 2.05) is 29.2 Å². The van der Waals surface area contributed by atoms with Gasteiger partial charge in [-0.15, -0.1) is 0 Å². The Hall–Kier alpha value is -3.44. The highest BCUT2D eigenvalue weighted by Crippen LogP contribution is 2.39. The Morgan fingerprint density at radius 3 is 2.32 bits per heavy atom. The molecule has 0 aromatic heterocycles. The first-order valence-corrected chi connectivity index (χ1v) is 10.4. The van der Waals surface area contributed by atoms with E-state index < -0.39 is 0 Å². The van der Waals surface area contributed by atoms with Gasteiger partial charge in [-0.2, -0.15) is 0 Å². The first-order valence-electron chi connectivity index (χ1n) is 9.99. The lowest BCUT2D eigenvalue weighted by molar-refractivity contribution is -0.137. The minimum absolute atomic E-state index is 0.0774. The van der Waals surface area contributed by atoms with Crippen molar-refractivity contribution in [3.8, 4) is 0 Å². The quantitative estimate of drug-likeness (QED) is 0.555. The lowest BCUT2D eigenvalue weighted by atomic mass is 10.0. The van der Waals surface area contributed by atoms with Crippen LogP contribution < -0.4 is 4.90 Å². The molecule has 4 nitrogen and oxygen atoms in total. The predicted octanol–water partition coefficient (Wildman–Crippen LogP) is 4.82. The molecule has 0 radical (unpaired) electrons. The number of nitrogens with zero attached hydrogens (tertiary/aromatic N) is 2. The van der Waals surface area contributed by atoms with Crippen molar-refractivity contribution in [3.63, 3.8) is 0 Å². The molecule has 0 bridgehead atoms. The molecule has 2 amide bonds. The number of hydrogen-bond donors (Lipinski definition) is 0. The van der Waals surface area contributed by atoms with Gasteiger partial charge in [-0.25, -0.2) is 4.39 Å². The molecular weight excluding hydrogens is 415 g/mol. The van der Waals surface area contributed by atoms with Crippen LogP contribution >= 0.6 is 11.6 Å². The van der Waals surface area contributed by atoms with Gasteiger partial charge >= 0.3 is 0 Å². The van der Waals surface area contributed by atoms with Crippen LogP contribution in [-0.4, -0.2) is 23.3 Å². The summed E-state index contributed by atoms with van der Waals surface area (Å²) in [5.74, 6) is -1.08. The van der Waals surface area contributed by atoms with Gasteiger partial charge in [0.05, 0.1) is 12.1 Å². The van der Waals surface area contributed by atoms with Crippen LogP contribution in [0.25, 0.3) is 5.57 Å². The van der Waals surface area contributed by atoms with Gasteiger partial charge in [-0.1, -0.05) is 54.1 Å². The lowest BCUT2D eigenvalue weighted by Crippen LogP contribution is -2.34. The summed E-state index contributed by atoms with van der Waals surface area (Å²) in [6, 6.07) is 20.7. The van der Waals surface area contributed by atoms with Gasteiger partial charge in [0.2, 0.25) is 0 Å². The fraction of sp³-hybridized carbons (Fsp3) is 0.120. The maximum absolute atomic E-state index is 13.5. The maximum atomic E-state index is 13.5. The second kappa shape index (κ2) is 7.67. The van der Waals surface area contributed by atoms with Gasteiger partial charge in [0.25, 0.3) is 11.8 Å². The van der Waals surface area contributed by atoms with Crippen LogP contribution in [0, 0.1) is 5.82 Å². The standard InChI is InChI=1S/C25H18ClFN2O2/c26-19-9-7-18(8-10-19)22-23(28-14-13-17-3-1-2-4-21(17)28)25(31)29(24(22)30)15-16-5-11-20(27)12-6-16/h1-12H,13-15H2. The van der Waals surface area contributed by atoms with Crippen LogP contribution in [0.2, 0.25) is 5.02 Å². The Bertz CT molecular complexity index is 1220. The molecule has 2 aliphatic heterocycles. The van der Waals surface area contributed by atoms with E-state index in [9.17, 15) is 14.0 Å². The number of amides is 2. The van der Waals surface area contributed by atoms with Gasteiger partial charge in [-0.3, -0.25) is 14.5 Å². The second-order valence-corrected chi connectivity index (χ2v) is 8.02. The third kappa shape index (κ3) is 3.41. The zero-order valence-corrected chi connectivity index (χ0v) is 17.3. The van der Waals surface area contributed by atoms with E-state index in [1.54, 1.807) is 36.4 Å². The molecule has 0 saturated carbocycles. The van der Waals surface area contributed by atoms with Crippen molar-refractivity contribution in [2.45, 2.75) is 13.0 Å². The third-order valence-electron chi connectivity index (χ3n) is 5.69. The number of carbonyl (C=O) groups is 2. The highest BCUT2D eigenvalue weighted by molar-refractivity contribution is 6.37. The predicted molar refractivity (Wildman–Crippen MR) is 118 cm³/mol. The largest absolute Gasteiger partial charge is 0.336 e. The van der Waals surface area contributed by atoms with E-state index in [1.165, 1.54) is 17.0 Å². The van der Waals surface area contributed by atoms with Crippen molar-refractivity contribution in [1.29, 1.82) is 0 Å². The molecule has 0 spiro atoms. The van der Waals surface area contributed by atoms with Crippen LogP contribution in [0.4, 0.5) is 10.1 Å². The molecule has 2 aliphatic rings. The minimum Gasteiger partial charge on any atom is -0.336 e. The molecular formula is C25H18ClFN2O2.